The maximum atomic E-state index is 3.84. The second kappa shape index (κ2) is 4.80. The van der Waals surface area contributed by atoms with Gasteiger partial charge in [0.15, 0.2) is 0 Å². The van der Waals surface area contributed by atoms with Gasteiger partial charge in [-0.1, -0.05) is 56.8 Å². The van der Waals surface area contributed by atoms with Gasteiger partial charge in [-0.05, 0) is 29.5 Å². The summed E-state index contributed by atoms with van der Waals surface area (Å²) in [7, 11) is 0. The van der Waals surface area contributed by atoms with Gasteiger partial charge in [-0.2, -0.15) is 0 Å². The van der Waals surface area contributed by atoms with Gasteiger partial charge in [-0.25, -0.2) is 0 Å². The molecule has 0 atom stereocenters. The van der Waals surface area contributed by atoms with Gasteiger partial charge in [0.25, 0.3) is 0 Å². The summed E-state index contributed by atoms with van der Waals surface area (Å²) in [6.45, 7) is 10.3. The molecule has 0 nitrogen and oxygen atoms in total. The maximum absolute atomic E-state index is 3.84. The number of rotatable bonds is 3. The largest absolute Gasteiger partial charge is 0.0985 e. The SMILES string of the molecule is C=C/C(=C\C)c1ccccc1C(C)C. The van der Waals surface area contributed by atoms with E-state index in [0.29, 0.717) is 5.92 Å². The van der Waals surface area contributed by atoms with Gasteiger partial charge in [-0.15, -0.1) is 0 Å². The summed E-state index contributed by atoms with van der Waals surface area (Å²) in [5.74, 6) is 0.557. The van der Waals surface area contributed by atoms with Crippen LogP contribution in [0.25, 0.3) is 5.57 Å². The lowest BCUT2D eigenvalue weighted by molar-refractivity contribution is 0.863. The van der Waals surface area contributed by atoms with E-state index in [1.807, 2.05) is 13.0 Å². The first-order valence-electron chi connectivity index (χ1n) is 5.08. The van der Waals surface area contributed by atoms with Crippen LogP contribution in [0.4, 0.5) is 0 Å². The second-order valence-electron chi connectivity index (χ2n) is 3.69. The molecular weight excluding hydrogens is 168 g/mol. The lowest BCUT2D eigenvalue weighted by atomic mass is 9.92. The van der Waals surface area contributed by atoms with Crippen LogP contribution < -0.4 is 0 Å². The number of hydrogen-bond acceptors (Lipinski definition) is 0. The van der Waals surface area contributed by atoms with E-state index in [0.717, 1.165) is 0 Å². The summed E-state index contributed by atoms with van der Waals surface area (Å²) in [5, 5.41) is 0. The first kappa shape index (κ1) is 10.8. The van der Waals surface area contributed by atoms with Gasteiger partial charge in [0.1, 0.15) is 0 Å². The molecule has 0 bridgehead atoms. The van der Waals surface area contributed by atoms with E-state index in [9.17, 15) is 0 Å². The molecule has 1 aromatic carbocycles. The van der Waals surface area contributed by atoms with Gasteiger partial charge >= 0.3 is 0 Å². The Kier molecular flexibility index (Phi) is 3.70. The van der Waals surface area contributed by atoms with Crippen LogP contribution in [0.3, 0.4) is 0 Å². The van der Waals surface area contributed by atoms with Gasteiger partial charge in [-0.3, -0.25) is 0 Å². The van der Waals surface area contributed by atoms with E-state index >= 15 is 0 Å². The summed E-state index contributed by atoms with van der Waals surface area (Å²) < 4.78 is 0. The molecule has 1 aromatic rings. The molecule has 0 aliphatic rings. The molecule has 0 fully saturated rings. The number of allylic oxidation sites excluding steroid dienone is 3. The molecular formula is C14H18. The summed E-state index contributed by atoms with van der Waals surface area (Å²) in [6.07, 6.45) is 4.02. The van der Waals surface area contributed by atoms with Crippen molar-refractivity contribution in [3.63, 3.8) is 0 Å². The molecule has 0 N–H and O–H groups in total. The monoisotopic (exact) mass is 186 g/mol. The first-order valence-corrected chi connectivity index (χ1v) is 5.08. The Morgan fingerprint density at radius 3 is 2.43 bits per heavy atom. The van der Waals surface area contributed by atoms with Gasteiger partial charge in [0, 0.05) is 0 Å². The quantitative estimate of drug-likeness (QED) is 0.614. The minimum Gasteiger partial charge on any atom is -0.0985 e. The van der Waals surface area contributed by atoms with Crippen LogP contribution in [0.15, 0.2) is 43.0 Å². The molecule has 0 aromatic heterocycles. The lowest BCUT2D eigenvalue weighted by Crippen LogP contribution is -1.93. The average molecular weight is 186 g/mol. The Labute approximate surface area is 87.0 Å². The molecule has 0 spiro atoms. The fourth-order valence-corrected chi connectivity index (χ4v) is 1.65. The van der Waals surface area contributed by atoms with E-state index in [1.165, 1.54) is 16.7 Å². The third-order valence-electron chi connectivity index (χ3n) is 2.42. The van der Waals surface area contributed by atoms with Gasteiger partial charge in [0.2, 0.25) is 0 Å². The highest BCUT2D eigenvalue weighted by Gasteiger charge is 2.06. The third kappa shape index (κ3) is 2.14. The van der Waals surface area contributed by atoms with Crippen LogP contribution in [0.1, 0.15) is 37.8 Å². The van der Waals surface area contributed by atoms with Crippen molar-refractivity contribution in [1.82, 2.24) is 0 Å². The predicted octanol–water partition coefficient (Wildman–Crippen LogP) is 4.40. The fraction of sp³-hybridized carbons (Fsp3) is 0.286. The predicted molar refractivity (Wildman–Crippen MR) is 64.4 cm³/mol. The van der Waals surface area contributed by atoms with Gasteiger partial charge < -0.3 is 0 Å². The van der Waals surface area contributed by atoms with E-state index in [2.05, 4.69) is 50.8 Å². The van der Waals surface area contributed by atoms with Crippen molar-refractivity contribution in [2.75, 3.05) is 0 Å². The second-order valence-corrected chi connectivity index (χ2v) is 3.69. The topological polar surface area (TPSA) is 0 Å². The Morgan fingerprint density at radius 1 is 1.29 bits per heavy atom. The van der Waals surface area contributed by atoms with Crippen LogP contribution in [-0.4, -0.2) is 0 Å². The van der Waals surface area contributed by atoms with E-state index in [-0.39, 0.29) is 0 Å². The van der Waals surface area contributed by atoms with E-state index in [4.69, 9.17) is 0 Å². The summed E-state index contributed by atoms with van der Waals surface area (Å²) in [4.78, 5) is 0. The number of benzene rings is 1. The molecule has 0 radical (unpaired) electrons. The van der Waals surface area contributed by atoms with Crippen molar-refractivity contribution in [1.29, 1.82) is 0 Å². The van der Waals surface area contributed by atoms with Crippen LogP contribution in [0.2, 0.25) is 0 Å². The molecule has 0 aliphatic carbocycles. The molecule has 0 heteroatoms. The zero-order chi connectivity index (χ0) is 10.6. The summed E-state index contributed by atoms with van der Waals surface area (Å²) >= 11 is 0. The van der Waals surface area contributed by atoms with E-state index in [1.54, 1.807) is 0 Å². The first-order chi connectivity index (χ1) is 6.70. The Balaban J connectivity index is 3.26. The molecule has 14 heavy (non-hydrogen) atoms. The van der Waals surface area contributed by atoms with Crippen LogP contribution in [0.5, 0.6) is 0 Å². The van der Waals surface area contributed by atoms with Crippen molar-refractivity contribution >= 4 is 5.57 Å². The minimum absolute atomic E-state index is 0.557. The highest BCUT2D eigenvalue weighted by Crippen LogP contribution is 2.25. The van der Waals surface area contributed by atoms with Gasteiger partial charge in [0.05, 0.1) is 0 Å². The summed E-state index contributed by atoms with van der Waals surface area (Å²) in [5.41, 5.74) is 3.91. The standard InChI is InChI=1S/C14H18/c1-5-12(6-2)14-10-8-7-9-13(14)11(3)4/h5-11H,1H2,2-4H3/b12-6+. The van der Waals surface area contributed by atoms with Crippen molar-refractivity contribution in [3.8, 4) is 0 Å². The zero-order valence-electron chi connectivity index (χ0n) is 9.25. The molecule has 0 saturated carbocycles. The minimum atomic E-state index is 0.557. The molecule has 0 heterocycles. The molecule has 0 saturated heterocycles. The Morgan fingerprint density at radius 2 is 1.93 bits per heavy atom. The zero-order valence-corrected chi connectivity index (χ0v) is 9.25. The Hall–Kier alpha value is -1.30. The number of hydrogen-bond donors (Lipinski definition) is 0. The van der Waals surface area contributed by atoms with E-state index < -0.39 is 0 Å². The highest BCUT2D eigenvalue weighted by molar-refractivity contribution is 5.75. The van der Waals surface area contributed by atoms with Crippen molar-refractivity contribution in [3.05, 3.63) is 54.1 Å². The van der Waals surface area contributed by atoms with Crippen LogP contribution in [0, 0.1) is 0 Å². The summed E-state index contributed by atoms with van der Waals surface area (Å²) in [6, 6.07) is 8.52. The fourth-order valence-electron chi connectivity index (χ4n) is 1.65. The molecule has 0 amide bonds. The van der Waals surface area contributed by atoms with Crippen molar-refractivity contribution < 1.29 is 0 Å². The lowest BCUT2D eigenvalue weighted by Gasteiger charge is -2.12. The van der Waals surface area contributed by atoms with Crippen LogP contribution >= 0.6 is 0 Å². The molecule has 1 rings (SSSR count). The van der Waals surface area contributed by atoms with Crippen molar-refractivity contribution in [2.45, 2.75) is 26.7 Å². The van der Waals surface area contributed by atoms with Crippen molar-refractivity contribution in [2.24, 2.45) is 0 Å². The molecule has 0 unspecified atom stereocenters. The normalized spacial score (nSPS) is 11.9. The maximum Gasteiger partial charge on any atom is -0.0153 e. The highest BCUT2D eigenvalue weighted by atomic mass is 14.1. The molecule has 74 valence electrons. The average Bonchev–Trinajstić information content (AvgIpc) is 2.20. The molecule has 0 aliphatic heterocycles. The Bertz CT molecular complexity index is 343. The third-order valence-corrected chi connectivity index (χ3v) is 2.42. The smallest absolute Gasteiger partial charge is 0.0153 e. The van der Waals surface area contributed by atoms with Crippen LogP contribution in [-0.2, 0) is 0 Å².